The van der Waals surface area contributed by atoms with E-state index in [1.807, 2.05) is 0 Å². The number of aryl methyl sites for hydroxylation is 5. The summed E-state index contributed by atoms with van der Waals surface area (Å²) in [6.45, 7) is 15.5. The van der Waals surface area contributed by atoms with E-state index in [1.54, 1.807) is 0 Å². The van der Waals surface area contributed by atoms with Crippen LogP contribution in [0.3, 0.4) is 0 Å². The maximum Gasteiger partial charge on any atom is 0.0464 e. The second kappa shape index (κ2) is 21.7. The summed E-state index contributed by atoms with van der Waals surface area (Å²) in [6.07, 6.45) is 21.0. The molecule has 2 aliphatic carbocycles. The number of hydrogen-bond acceptors (Lipinski definition) is 2. The molecule has 0 aromatic heterocycles. The Hall–Kier alpha value is -8.20. The van der Waals surface area contributed by atoms with Crippen LogP contribution in [-0.4, -0.2) is 0 Å². The minimum Gasteiger partial charge on any atom is -0.310 e. The van der Waals surface area contributed by atoms with Crippen molar-refractivity contribution in [2.45, 2.75) is 61.3 Å². The monoisotopic (exact) mass is 947 g/mol. The first-order chi connectivity index (χ1) is 35.5. The summed E-state index contributed by atoms with van der Waals surface area (Å²) < 4.78 is 0. The molecule has 73 heavy (non-hydrogen) atoms. The van der Waals surface area contributed by atoms with Crippen LogP contribution in [-0.2, 0) is 0 Å². The molecule has 0 fully saturated rings. The van der Waals surface area contributed by atoms with E-state index in [0.717, 1.165) is 52.5 Å². The highest BCUT2D eigenvalue weighted by atomic mass is 15.1. The Morgan fingerprint density at radius 1 is 0.411 bits per heavy atom. The van der Waals surface area contributed by atoms with Crippen molar-refractivity contribution in [2.75, 3.05) is 9.80 Å². The molecule has 0 spiro atoms. The number of anilines is 6. The zero-order chi connectivity index (χ0) is 50.4. The highest BCUT2D eigenvalue weighted by Gasteiger charge is 2.19. The van der Waals surface area contributed by atoms with E-state index in [-0.39, 0.29) is 0 Å². The van der Waals surface area contributed by atoms with Crippen LogP contribution in [0.5, 0.6) is 0 Å². The molecule has 2 nitrogen and oxygen atoms in total. The van der Waals surface area contributed by atoms with Gasteiger partial charge in [0.2, 0.25) is 0 Å². The molecule has 360 valence electrons. The van der Waals surface area contributed by atoms with Gasteiger partial charge in [0.05, 0.1) is 0 Å². The predicted molar refractivity (Wildman–Crippen MR) is 315 cm³/mol. The fraction of sp³-hybridized carbons (Fsp3) is 0.155. The molecular weight excluding hydrogens is 881 g/mol. The van der Waals surface area contributed by atoms with Crippen LogP contribution in [0.25, 0.3) is 28.9 Å². The SMILES string of the molecule is Cc1ccc(N(c2ccc(/C=C(\C3=CCC(C)C=C3)C3=CC(C)CC=C3)cc2)c2ccc(-c3ccc(N(c4ccc(C)cc4)c4ccc(/C=C(\c5ccccc5)c5cccc(C)c5)cc4)cc3C)c(C)c2)cc1. The minimum atomic E-state index is 0.524. The molecule has 0 N–H and O–H groups in total. The quantitative estimate of drug-likeness (QED) is 0.106. The lowest BCUT2D eigenvalue weighted by molar-refractivity contribution is 0.726. The van der Waals surface area contributed by atoms with Crippen LogP contribution in [0.2, 0.25) is 0 Å². The minimum absolute atomic E-state index is 0.524. The van der Waals surface area contributed by atoms with Gasteiger partial charge < -0.3 is 9.80 Å². The zero-order valence-electron chi connectivity index (χ0n) is 43.5. The van der Waals surface area contributed by atoms with Crippen LogP contribution in [0.1, 0.15) is 76.8 Å². The fourth-order valence-electron chi connectivity index (χ4n) is 10.3. The third-order valence-corrected chi connectivity index (χ3v) is 14.4. The Labute approximate surface area is 435 Å². The van der Waals surface area contributed by atoms with E-state index in [1.165, 1.54) is 77.9 Å². The molecule has 0 heterocycles. The number of nitrogens with zero attached hydrogens (tertiary/aromatic N) is 2. The van der Waals surface area contributed by atoms with Gasteiger partial charge in [-0.2, -0.15) is 0 Å². The Kier molecular flexibility index (Phi) is 14.4. The molecule has 2 aliphatic rings. The summed E-state index contributed by atoms with van der Waals surface area (Å²) in [6, 6.07) is 69.1. The molecule has 2 atom stereocenters. The lowest BCUT2D eigenvalue weighted by Gasteiger charge is -2.27. The molecule has 8 aromatic rings. The molecule has 0 saturated heterocycles. The molecule has 10 rings (SSSR count). The number of benzene rings is 8. The Bertz CT molecular complexity index is 3430. The molecule has 0 bridgehead atoms. The van der Waals surface area contributed by atoms with E-state index in [0.29, 0.717) is 11.8 Å². The number of hydrogen-bond donors (Lipinski definition) is 0. The van der Waals surface area contributed by atoms with Crippen molar-refractivity contribution in [1.29, 1.82) is 0 Å². The molecule has 2 heteroatoms. The van der Waals surface area contributed by atoms with Gasteiger partial charge in [-0.05, 0) is 211 Å². The van der Waals surface area contributed by atoms with Crippen LogP contribution >= 0.6 is 0 Å². The third kappa shape index (κ3) is 11.2. The van der Waals surface area contributed by atoms with Gasteiger partial charge in [0.25, 0.3) is 0 Å². The zero-order valence-corrected chi connectivity index (χ0v) is 43.5. The first kappa shape index (κ1) is 48.4. The summed E-state index contributed by atoms with van der Waals surface area (Å²) in [5.41, 5.74) is 25.2. The predicted octanol–water partition coefficient (Wildman–Crippen LogP) is 19.9. The number of allylic oxidation sites excluding steroid dienone is 9. The van der Waals surface area contributed by atoms with Gasteiger partial charge in [0, 0.05) is 34.1 Å². The fourth-order valence-corrected chi connectivity index (χ4v) is 10.3. The van der Waals surface area contributed by atoms with Gasteiger partial charge in [-0.3, -0.25) is 0 Å². The van der Waals surface area contributed by atoms with Gasteiger partial charge in [0.1, 0.15) is 0 Å². The average Bonchev–Trinajstić information content (AvgIpc) is 3.40. The molecule has 0 aliphatic heterocycles. The molecule has 2 unspecified atom stereocenters. The Morgan fingerprint density at radius 2 is 0.904 bits per heavy atom. The van der Waals surface area contributed by atoms with Crippen molar-refractivity contribution in [3.63, 3.8) is 0 Å². The first-order valence-corrected chi connectivity index (χ1v) is 26.0. The number of rotatable bonds is 13. The van der Waals surface area contributed by atoms with Crippen molar-refractivity contribution in [2.24, 2.45) is 11.8 Å². The lowest BCUT2D eigenvalue weighted by atomic mass is 9.85. The van der Waals surface area contributed by atoms with Gasteiger partial charge in [-0.1, -0.05) is 182 Å². The summed E-state index contributed by atoms with van der Waals surface area (Å²) in [4.78, 5) is 4.75. The summed E-state index contributed by atoms with van der Waals surface area (Å²) >= 11 is 0. The normalized spacial score (nSPS) is 15.7. The van der Waals surface area contributed by atoms with Crippen LogP contribution < -0.4 is 9.80 Å². The van der Waals surface area contributed by atoms with Crippen molar-refractivity contribution < 1.29 is 0 Å². The molecule has 0 amide bonds. The topological polar surface area (TPSA) is 6.48 Å². The van der Waals surface area contributed by atoms with E-state index in [2.05, 4.69) is 295 Å². The Balaban J connectivity index is 0.961. The van der Waals surface area contributed by atoms with E-state index >= 15 is 0 Å². The van der Waals surface area contributed by atoms with Crippen molar-refractivity contribution in [3.8, 4) is 11.1 Å². The molecule has 0 radical (unpaired) electrons. The second-order valence-electron chi connectivity index (χ2n) is 20.3. The van der Waals surface area contributed by atoms with Crippen molar-refractivity contribution >= 4 is 51.8 Å². The van der Waals surface area contributed by atoms with Crippen LogP contribution in [0.4, 0.5) is 34.1 Å². The lowest BCUT2D eigenvalue weighted by Crippen LogP contribution is -2.11. The maximum atomic E-state index is 2.43. The smallest absolute Gasteiger partial charge is 0.0464 e. The highest BCUT2D eigenvalue weighted by molar-refractivity contribution is 5.92. The highest BCUT2D eigenvalue weighted by Crippen LogP contribution is 2.42. The summed E-state index contributed by atoms with van der Waals surface area (Å²) in [7, 11) is 0. The summed E-state index contributed by atoms with van der Waals surface area (Å²) in [5, 5.41) is 0. The standard InChI is InChI=1S/C71H66N2/c1-49-19-29-59(30-20-49)71(61-18-12-14-53(5)44-61)48-57-27-37-65(38-28-57)73(63-33-23-51(3)24-34-63)67-40-42-69(55(7)46-67)68-41-39-66(45-54(68)6)72(62-31-21-50(2)22-32-62)64-35-25-56(26-36-64)47-70(58-15-9-8-10-16-58)60-17-11-13-52(4)43-60/h8-13,15-19,21-49,53H,14,20H2,1-7H3/b70-47+,71-48+. The van der Waals surface area contributed by atoms with E-state index in [9.17, 15) is 0 Å². The summed E-state index contributed by atoms with van der Waals surface area (Å²) in [5.74, 6) is 1.09. The van der Waals surface area contributed by atoms with Crippen LogP contribution in [0, 0.1) is 46.5 Å². The van der Waals surface area contributed by atoms with E-state index in [4.69, 9.17) is 0 Å². The van der Waals surface area contributed by atoms with Gasteiger partial charge in [0.15, 0.2) is 0 Å². The van der Waals surface area contributed by atoms with E-state index < -0.39 is 0 Å². The van der Waals surface area contributed by atoms with Gasteiger partial charge in [-0.15, -0.1) is 0 Å². The molecule has 8 aromatic carbocycles. The second-order valence-corrected chi connectivity index (χ2v) is 20.3. The third-order valence-electron chi connectivity index (χ3n) is 14.4. The van der Waals surface area contributed by atoms with Crippen molar-refractivity contribution in [1.82, 2.24) is 0 Å². The first-order valence-electron chi connectivity index (χ1n) is 26.0. The largest absolute Gasteiger partial charge is 0.310 e. The molecule has 0 saturated carbocycles. The average molecular weight is 947 g/mol. The van der Waals surface area contributed by atoms with Gasteiger partial charge >= 0.3 is 0 Å². The molecular formula is C71H66N2. The van der Waals surface area contributed by atoms with Gasteiger partial charge in [-0.25, -0.2) is 0 Å². The van der Waals surface area contributed by atoms with Crippen molar-refractivity contribution in [3.05, 3.63) is 291 Å². The maximum absolute atomic E-state index is 2.43. The van der Waals surface area contributed by atoms with Crippen LogP contribution in [0.15, 0.2) is 241 Å². The Morgan fingerprint density at radius 3 is 1.38 bits per heavy atom.